The first kappa shape index (κ1) is 18.3. The fraction of sp³-hybridized carbons (Fsp3) is 0.312. The van der Waals surface area contributed by atoms with Gasteiger partial charge in [0.25, 0.3) is 5.91 Å². The number of carboxylic acids is 1. The lowest BCUT2D eigenvalue weighted by Gasteiger charge is -2.18. The maximum atomic E-state index is 12.1. The second-order valence-electron chi connectivity index (χ2n) is 5.94. The lowest BCUT2D eigenvalue weighted by Crippen LogP contribution is -2.32. The van der Waals surface area contributed by atoms with Gasteiger partial charge in [0.15, 0.2) is 5.69 Å². The van der Waals surface area contributed by atoms with E-state index in [0.717, 1.165) is 0 Å². The Morgan fingerprint density at radius 1 is 1.25 bits per heavy atom. The van der Waals surface area contributed by atoms with Crippen LogP contribution in [-0.2, 0) is 4.79 Å². The first-order valence-electron chi connectivity index (χ1n) is 7.23. The summed E-state index contributed by atoms with van der Waals surface area (Å²) in [5.41, 5.74) is 0.0110. The molecule has 24 heavy (non-hydrogen) atoms. The molecule has 2 aromatic rings. The Hall–Kier alpha value is -2.05. The molecule has 0 aliphatic heterocycles. The van der Waals surface area contributed by atoms with E-state index >= 15 is 0 Å². The summed E-state index contributed by atoms with van der Waals surface area (Å²) < 4.78 is 1.51. The topological polar surface area (TPSA) is 84.2 Å². The molecule has 0 aliphatic carbocycles. The number of hydrogen-bond donors (Lipinski definition) is 2. The number of halogens is 2. The van der Waals surface area contributed by atoms with Crippen molar-refractivity contribution in [1.82, 2.24) is 15.1 Å². The van der Waals surface area contributed by atoms with Gasteiger partial charge in [0.2, 0.25) is 0 Å². The number of hydrogen-bond acceptors (Lipinski definition) is 3. The molecule has 0 atom stereocenters. The molecule has 128 valence electrons. The molecule has 1 aromatic heterocycles. The molecule has 0 spiro atoms. The maximum absolute atomic E-state index is 12.1. The van der Waals surface area contributed by atoms with Crippen LogP contribution in [0.25, 0.3) is 5.69 Å². The van der Waals surface area contributed by atoms with Crippen LogP contribution in [0.4, 0.5) is 0 Å². The highest BCUT2D eigenvalue weighted by Gasteiger charge is 2.26. The Bertz CT molecular complexity index is 772. The van der Waals surface area contributed by atoms with Gasteiger partial charge in [-0.2, -0.15) is 5.10 Å². The molecule has 0 bridgehead atoms. The van der Waals surface area contributed by atoms with Gasteiger partial charge in [-0.3, -0.25) is 9.59 Å². The van der Waals surface area contributed by atoms with Crippen LogP contribution >= 0.6 is 23.2 Å². The molecule has 8 heteroatoms. The molecular formula is C16H17Cl2N3O3. The smallest absolute Gasteiger partial charge is 0.309 e. The van der Waals surface area contributed by atoms with E-state index in [9.17, 15) is 9.59 Å². The van der Waals surface area contributed by atoms with Crippen molar-refractivity contribution in [2.75, 3.05) is 6.54 Å². The number of nitrogens with one attached hydrogen (secondary N) is 1. The normalized spacial score (nSPS) is 11.3. The maximum Gasteiger partial charge on any atom is 0.309 e. The van der Waals surface area contributed by atoms with Gasteiger partial charge in [-0.25, -0.2) is 4.68 Å². The quantitative estimate of drug-likeness (QED) is 0.816. The van der Waals surface area contributed by atoms with Crippen LogP contribution in [0.3, 0.4) is 0 Å². The summed E-state index contributed by atoms with van der Waals surface area (Å²) in [6.07, 6.45) is 1.96. The number of benzene rings is 1. The monoisotopic (exact) mass is 369 g/mol. The minimum atomic E-state index is -0.902. The van der Waals surface area contributed by atoms with Crippen LogP contribution in [-0.4, -0.2) is 33.3 Å². The van der Waals surface area contributed by atoms with E-state index in [2.05, 4.69) is 10.4 Å². The number of aliphatic carboxylic acids is 1. The van der Waals surface area contributed by atoms with Gasteiger partial charge >= 0.3 is 5.97 Å². The van der Waals surface area contributed by atoms with Crippen LogP contribution in [0.5, 0.6) is 0 Å². The lowest BCUT2D eigenvalue weighted by atomic mass is 9.90. The summed E-state index contributed by atoms with van der Waals surface area (Å²) >= 11 is 11.8. The van der Waals surface area contributed by atoms with Crippen LogP contribution in [0, 0.1) is 5.41 Å². The van der Waals surface area contributed by atoms with Crippen LogP contribution < -0.4 is 5.32 Å². The van der Waals surface area contributed by atoms with Crippen molar-refractivity contribution in [3.8, 4) is 5.69 Å². The third kappa shape index (κ3) is 4.27. The average molecular weight is 370 g/mol. The van der Waals surface area contributed by atoms with E-state index in [4.69, 9.17) is 28.3 Å². The standard InChI is InChI=1S/C16H17Cl2N3O3/c1-16(2,15(23)24)6-7-19-14(22)13-5-8-21(20-13)10-3-4-11(17)12(18)9-10/h3-5,8-9H,6-7H2,1-2H3,(H,19,22)(H,23,24). The van der Waals surface area contributed by atoms with Gasteiger partial charge in [-0.15, -0.1) is 0 Å². The Morgan fingerprint density at radius 2 is 1.96 bits per heavy atom. The molecular weight excluding hydrogens is 353 g/mol. The van der Waals surface area contributed by atoms with E-state index in [1.807, 2.05) is 0 Å². The van der Waals surface area contributed by atoms with Gasteiger partial charge in [0, 0.05) is 12.7 Å². The zero-order valence-electron chi connectivity index (χ0n) is 13.2. The molecule has 1 aromatic carbocycles. The second kappa shape index (κ2) is 7.23. The highest BCUT2D eigenvalue weighted by atomic mass is 35.5. The second-order valence-corrected chi connectivity index (χ2v) is 6.75. The van der Waals surface area contributed by atoms with Gasteiger partial charge in [0.1, 0.15) is 0 Å². The number of aromatic nitrogens is 2. The van der Waals surface area contributed by atoms with E-state index in [1.54, 1.807) is 44.3 Å². The molecule has 2 N–H and O–H groups in total. The number of carboxylic acid groups (broad SMARTS) is 1. The third-order valence-corrected chi connectivity index (χ3v) is 4.34. The van der Waals surface area contributed by atoms with Crippen LogP contribution in [0.2, 0.25) is 10.0 Å². The number of carbonyl (C=O) groups is 2. The predicted octanol–water partition coefficient (Wildman–Crippen LogP) is 3.41. The van der Waals surface area contributed by atoms with E-state index in [0.29, 0.717) is 22.2 Å². The average Bonchev–Trinajstić information content (AvgIpc) is 2.99. The summed E-state index contributed by atoms with van der Waals surface area (Å²) in [5, 5.41) is 16.7. The summed E-state index contributed by atoms with van der Waals surface area (Å²) in [6, 6.07) is 6.60. The van der Waals surface area contributed by atoms with Crippen LogP contribution in [0.1, 0.15) is 30.8 Å². The minimum absolute atomic E-state index is 0.231. The Labute approximate surface area is 149 Å². The molecule has 0 saturated heterocycles. The van der Waals surface area contributed by atoms with Crippen molar-refractivity contribution in [1.29, 1.82) is 0 Å². The van der Waals surface area contributed by atoms with E-state index in [1.165, 1.54) is 4.68 Å². The summed E-state index contributed by atoms with van der Waals surface area (Å²) in [6.45, 7) is 3.47. The number of amides is 1. The van der Waals surface area contributed by atoms with Crippen molar-refractivity contribution in [3.05, 3.63) is 46.2 Å². The summed E-state index contributed by atoms with van der Waals surface area (Å²) in [4.78, 5) is 23.1. The fourth-order valence-corrected chi connectivity index (χ4v) is 2.19. The first-order chi connectivity index (χ1) is 11.2. The summed E-state index contributed by atoms with van der Waals surface area (Å²) in [5.74, 6) is -1.27. The van der Waals surface area contributed by atoms with E-state index in [-0.39, 0.29) is 18.1 Å². The Balaban J connectivity index is 2.01. The molecule has 0 unspecified atom stereocenters. The number of rotatable bonds is 6. The molecule has 2 rings (SSSR count). The fourth-order valence-electron chi connectivity index (χ4n) is 1.90. The molecule has 1 heterocycles. The molecule has 6 nitrogen and oxygen atoms in total. The first-order valence-corrected chi connectivity index (χ1v) is 7.99. The van der Waals surface area contributed by atoms with Crippen molar-refractivity contribution in [2.45, 2.75) is 20.3 Å². The zero-order valence-corrected chi connectivity index (χ0v) is 14.7. The van der Waals surface area contributed by atoms with Crippen molar-refractivity contribution in [3.63, 3.8) is 0 Å². The predicted molar refractivity (Wildman–Crippen MR) is 92.0 cm³/mol. The van der Waals surface area contributed by atoms with Gasteiger partial charge in [0.05, 0.1) is 21.1 Å². The zero-order chi connectivity index (χ0) is 17.9. The summed E-state index contributed by atoms with van der Waals surface area (Å²) in [7, 11) is 0. The van der Waals surface area contributed by atoms with E-state index < -0.39 is 11.4 Å². The SMILES string of the molecule is CC(C)(CCNC(=O)c1ccn(-c2ccc(Cl)c(Cl)c2)n1)C(=O)O. The molecule has 0 fully saturated rings. The molecule has 0 radical (unpaired) electrons. The van der Waals surface area contributed by atoms with Gasteiger partial charge < -0.3 is 10.4 Å². The molecule has 0 saturated carbocycles. The number of nitrogens with zero attached hydrogens (tertiary/aromatic N) is 2. The molecule has 1 amide bonds. The Kier molecular flexibility index (Phi) is 5.51. The largest absolute Gasteiger partial charge is 0.481 e. The highest BCUT2D eigenvalue weighted by molar-refractivity contribution is 6.42. The van der Waals surface area contributed by atoms with Gasteiger partial charge in [-0.1, -0.05) is 23.2 Å². The van der Waals surface area contributed by atoms with Crippen LogP contribution in [0.15, 0.2) is 30.5 Å². The van der Waals surface area contributed by atoms with Gasteiger partial charge in [-0.05, 0) is 44.5 Å². The highest BCUT2D eigenvalue weighted by Crippen LogP contribution is 2.24. The van der Waals surface area contributed by atoms with Crippen molar-refractivity contribution >= 4 is 35.1 Å². The lowest BCUT2D eigenvalue weighted by molar-refractivity contribution is -0.147. The third-order valence-electron chi connectivity index (χ3n) is 3.60. The number of carbonyl (C=O) groups excluding carboxylic acids is 1. The molecule has 0 aliphatic rings. The minimum Gasteiger partial charge on any atom is -0.481 e. The van der Waals surface area contributed by atoms with Crippen molar-refractivity contribution in [2.24, 2.45) is 5.41 Å². The van der Waals surface area contributed by atoms with Crippen molar-refractivity contribution < 1.29 is 14.7 Å². The Morgan fingerprint density at radius 3 is 2.58 bits per heavy atom.